The van der Waals surface area contributed by atoms with Crippen molar-refractivity contribution in [1.82, 2.24) is 10.2 Å². The lowest BCUT2D eigenvalue weighted by Gasteiger charge is -2.16. The van der Waals surface area contributed by atoms with Gasteiger partial charge < -0.3 is 14.8 Å². The Morgan fingerprint density at radius 2 is 1.77 bits per heavy atom. The third-order valence-corrected chi connectivity index (χ3v) is 5.52. The number of likely N-dealkylation sites (tertiary alicyclic amines) is 1. The van der Waals surface area contributed by atoms with Gasteiger partial charge in [-0.2, -0.15) is 0 Å². The Morgan fingerprint density at radius 1 is 1.03 bits per heavy atom. The average Bonchev–Trinajstić information content (AvgIpc) is 3.06. The fourth-order valence-corrected chi connectivity index (χ4v) is 3.51. The Bertz CT molecular complexity index is 900. The van der Waals surface area contributed by atoms with Crippen LogP contribution in [0.1, 0.15) is 29.5 Å². The van der Waals surface area contributed by atoms with Gasteiger partial charge in [0.15, 0.2) is 11.5 Å². The van der Waals surface area contributed by atoms with Gasteiger partial charge in [0.05, 0.1) is 13.7 Å². The number of imide groups is 1. The molecule has 160 valence electrons. The van der Waals surface area contributed by atoms with Gasteiger partial charge in [-0.15, -0.1) is 0 Å². The molecule has 0 atom stereocenters. The number of hydrogen-bond donors (Lipinski definition) is 1. The molecule has 0 bridgehead atoms. The van der Waals surface area contributed by atoms with Crippen molar-refractivity contribution in [2.24, 2.45) is 0 Å². The number of methoxy groups -OCH3 is 1. The van der Waals surface area contributed by atoms with E-state index < -0.39 is 0 Å². The van der Waals surface area contributed by atoms with Gasteiger partial charge in [0, 0.05) is 24.4 Å². The first-order valence-electron chi connectivity index (χ1n) is 10.1. The number of halogens is 1. The predicted molar refractivity (Wildman–Crippen MR) is 116 cm³/mol. The number of aryl methyl sites for hydroxylation is 1. The number of nitrogens with one attached hydrogen (secondary N) is 1. The number of hydrogen-bond acceptors (Lipinski definition) is 5. The van der Waals surface area contributed by atoms with Gasteiger partial charge in [0.25, 0.3) is 0 Å². The average molecular weight is 431 g/mol. The third kappa shape index (κ3) is 5.74. The second-order valence-electron chi connectivity index (χ2n) is 7.28. The Morgan fingerprint density at radius 3 is 2.47 bits per heavy atom. The maximum atomic E-state index is 11.7. The minimum Gasteiger partial charge on any atom is -0.493 e. The van der Waals surface area contributed by atoms with Crippen LogP contribution in [0.2, 0.25) is 5.02 Å². The standard InChI is InChI=1S/C23H27ClN2O4/c1-16-13-17(3-5-19(16)24)9-10-25-15-18-4-6-20(21(14-18)29-2)30-12-11-26-22(27)7-8-23(26)28/h3-6,13-14,25H,7-12,15H2,1-2H3. The first-order valence-corrected chi connectivity index (χ1v) is 10.4. The normalized spacial score (nSPS) is 13.8. The summed E-state index contributed by atoms with van der Waals surface area (Å²) in [5.74, 6) is 0.954. The van der Waals surface area contributed by atoms with Crippen LogP contribution in [0.3, 0.4) is 0 Å². The second-order valence-corrected chi connectivity index (χ2v) is 7.69. The number of rotatable bonds is 10. The van der Waals surface area contributed by atoms with Crippen LogP contribution in [0.5, 0.6) is 11.5 Å². The summed E-state index contributed by atoms with van der Waals surface area (Å²) in [6.45, 7) is 4.07. The molecule has 1 aliphatic heterocycles. The highest BCUT2D eigenvalue weighted by atomic mass is 35.5. The maximum absolute atomic E-state index is 11.7. The fraction of sp³-hybridized carbons (Fsp3) is 0.391. The summed E-state index contributed by atoms with van der Waals surface area (Å²) in [4.78, 5) is 24.6. The molecule has 6 nitrogen and oxygen atoms in total. The van der Waals surface area contributed by atoms with E-state index in [0.29, 0.717) is 30.9 Å². The molecule has 0 radical (unpaired) electrons. The maximum Gasteiger partial charge on any atom is 0.229 e. The molecular formula is C23H27ClN2O4. The van der Waals surface area contributed by atoms with Gasteiger partial charge in [-0.1, -0.05) is 29.8 Å². The summed E-state index contributed by atoms with van der Waals surface area (Å²) in [5.41, 5.74) is 3.42. The van der Waals surface area contributed by atoms with E-state index in [1.165, 1.54) is 10.5 Å². The second kappa shape index (κ2) is 10.5. The van der Waals surface area contributed by atoms with Gasteiger partial charge in [-0.3, -0.25) is 14.5 Å². The quantitative estimate of drug-likeness (QED) is 0.461. The molecule has 7 heteroatoms. The van der Waals surface area contributed by atoms with Crippen LogP contribution in [-0.4, -0.2) is 43.5 Å². The highest BCUT2D eigenvalue weighted by molar-refractivity contribution is 6.31. The molecule has 0 aliphatic carbocycles. The Kier molecular flexibility index (Phi) is 7.71. The summed E-state index contributed by atoms with van der Waals surface area (Å²) < 4.78 is 11.2. The van der Waals surface area contributed by atoms with Crippen LogP contribution >= 0.6 is 11.6 Å². The minimum atomic E-state index is -0.134. The van der Waals surface area contributed by atoms with Crippen LogP contribution in [0.4, 0.5) is 0 Å². The van der Waals surface area contributed by atoms with Crippen molar-refractivity contribution in [3.8, 4) is 11.5 Å². The van der Waals surface area contributed by atoms with Crippen molar-refractivity contribution < 1.29 is 19.1 Å². The van der Waals surface area contributed by atoms with Crippen LogP contribution in [0.15, 0.2) is 36.4 Å². The zero-order chi connectivity index (χ0) is 21.5. The van der Waals surface area contributed by atoms with E-state index in [1.807, 2.05) is 31.2 Å². The van der Waals surface area contributed by atoms with E-state index >= 15 is 0 Å². The van der Waals surface area contributed by atoms with Gasteiger partial charge in [0.2, 0.25) is 11.8 Å². The summed E-state index contributed by atoms with van der Waals surface area (Å²) in [7, 11) is 1.59. The lowest BCUT2D eigenvalue weighted by Crippen LogP contribution is -2.33. The molecule has 2 aromatic rings. The first-order chi connectivity index (χ1) is 14.5. The third-order valence-electron chi connectivity index (χ3n) is 5.10. The van der Waals surface area contributed by atoms with Gasteiger partial charge in [-0.05, 0) is 54.8 Å². The molecule has 30 heavy (non-hydrogen) atoms. The van der Waals surface area contributed by atoms with Crippen molar-refractivity contribution in [2.75, 3.05) is 26.8 Å². The summed E-state index contributed by atoms with van der Waals surface area (Å²) in [6, 6.07) is 11.9. The Balaban J connectivity index is 1.46. The zero-order valence-electron chi connectivity index (χ0n) is 17.4. The van der Waals surface area contributed by atoms with Crippen LogP contribution in [0, 0.1) is 6.92 Å². The fourth-order valence-electron chi connectivity index (χ4n) is 3.39. The molecule has 0 saturated carbocycles. The summed E-state index contributed by atoms with van der Waals surface area (Å²) in [6.07, 6.45) is 1.51. The van der Waals surface area contributed by atoms with E-state index in [2.05, 4.69) is 17.4 Å². The highest BCUT2D eigenvalue weighted by Gasteiger charge is 2.28. The molecule has 1 saturated heterocycles. The van der Waals surface area contributed by atoms with E-state index in [0.717, 1.165) is 29.1 Å². The number of amides is 2. The lowest BCUT2D eigenvalue weighted by atomic mass is 10.1. The Hall–Kier alpha value is -2.57. The molecule has 0 aromatic heterocycles. The molecule has 1 heterocycles. The molecule has 0 spiro atoms. The zero-order valence-corrected chi connectivity index (χ0v) is 18.1. The molecule has 3 rings (SSSR count). The van der Waals surface area contributed by atoms with Crippen molar-refractivity contribution in [3.05, 3.63) is 58.1 Å². The molecule has 1 aliphatic rings. The Labute approximate surface area is 182 Å². The number of carbonyl (C=O) groups excluding carboxylic acids is 2. The van der Waals surface area contributed by atoms with Crippen molar-refractivity contribution in [3.63, 3.8) is 0 Å². The number of carbonyl (C=O) groups is 2. The van der Waals surface area contributed by atoms with E-state index in [-0.39, 0.29) is 25.0 Å². The summed E-state index contributed by atoms with van der Waals surface area (Å²) >= 11 is 6.07. The largest absolute Gasteiger partial charge is 0.493 e. The van der Waals surface area contributed by atoms with Crippen molar-refractivity contribution in [1.29, 1.82) is 0 Å². The molecule has 2 aromatic carbocycles. The summed E-state index contributed by atoms with van der Waals surface area (Å²) in [5, 5.41) is 4.23. The van der Waals surface area contributed by atoms with E-state index in [9.17, 15) is 9.59 Å². The van der Waals surface area contributed by atoms with Gasteiger partial charge in [0.1, 0.15) is 6.61 Å². The smallest absolute Gasteiger partial charge is 0.229 e. The SMILES string of the molecule is COc1cc(CNCCc2ccc(Cl)c(C)c2)ccc1OCCN1C(=O)CCC1=O. The van der Waals surface area contributed by atoms with Gasteiger partial charge >= 0.3 is 0 Å². The lowest BCUT2D eigenvalue weighted by molar-refractivity contribution is -0.138. The van der Waals surface area contributed by atoms with Crippen LogP contribution in [0.25, 0.3) is 0 Å². The van der Waals surface area contributed by atoms with Crippen molar-refractivity contribution >= 4 is 23.4 Å². The number of nitrogens with zero attached hydrogens (tertiary/aromatic N) is 1. The highest BCUT2D eigenvalue weighted by Crippen LogP contribution is 2.28. The van der Waals surface area contributed by atoms with Gasteiger partial charge in [-0.25, -0.2) is 0 Å². The van der Waals surface area contributed by atoms with E-state index in [1.54, 1.807) is 7.11 Å². The van der Waals surface area contributed by atoms with Crippen molar-refractivity contribution in [2.45, 2.75) is 32.7 Å². The molecule has 1 fully saturated rings. The van der Waals surface area contributed by atoms with Crippen LogP contribution in [-0.2, 0) is 22.6 Å². The number of ether oxygens (including phenoxy) is 2. The monoisotopic (exact) mass is 430 g/mol. The first kappa shape index (κ1) is 22.1. The van der Waals surface area contributed by atoms with Crippen LogP contribution < -0.4 is 14.8 Å². The minimum absolute atomic E-state index is 0.134. The molecule has 1 N–H and O–H groups in total. The molecular weight excluding hydrogens is 404 g/mol. The van der Waals surface area contributed by atoms with E-state index in [4.69, 9.17) is 21.1 Å². The molecule has 0 unspecified atom stereocenters. The molecule has 2 amide bonds. The topological polar surface area (TPSA) is 67.9 Å². The predicted octanol–water partition coefficient (Wildman–Crippen LogP) is 3.52. The number of benzene rings is 2.